The van der Waals surface area contributed by atoms with Gasteiger partial charge in [0.25, 0.3) is 0 Å². The van der Waals surface area contributed by atoms with Crippen LogP contribution in [-0.2, 0) is 14.3 Å². The van der Waals surface area contributed by atoms with Crippen LogP contribution < -0.4 is 5.32 Å². The first-order valence-corrected chi connectivity index (χ1v) is 6.12. The molecule has 0 saturated heterocycles. The van der Waals surface area contributed by atoms with Gasteiger partial charge in [-0.15, -0.1) is 0 Å². The smallest absolute Gasteiger partial charge is 0.329 e. The Bertz CT molecular complexity index is 282. The van der Waals surface area contributed by atoms with Crippen molar-refractivity contribution >= 4 is 11.9 Å². The van der Waals surface area contributed by atoms with Crippen molar-refractivity contribution in [2.24, 2.45) is 5.92 Å². The van der Waals surface area contributed by atoms with Crippen molar-refractivity contribution in [1.82, 2.24) is 5.32 Å². The van der Waals surface area contributed by atoms with Crippen molar-refractivity contribution in [3.63, 3.8) is 0 Å². The normalized spacial score (nSPS) is 28.7. The van der Waals surface area contributed by atoms with Crippen LogP contribution in [0, 0.1) is 5.92 Å². The lowest BCUT2D eigenvalue weighted by Crippen LogP contribution is -2.57. The number of nitrogens with one attached hydrogen (secondary N) is 1. The Hall–Kier alpha value is -1.10. The van der Waals surface area contributed by atoms with Gasteiger partial charge in [-0.1, -0.05) is 6.92 Å². The Morgan fingerprint density at radius 3 is 2.47 bits per heavy atom. The summed E-state index contributed by atoms with van der Waals surface area (Å²) in [6, 6.07) is 0. The van der Waals surface area contributed by atoms with Crippen LogP contribution in [0.5, 0.6) is 0 Å². The highest BCUT2D eigenvalue weighted by Gasteiger charge is 2.42. The highest BCUT2D eigenvalue weighted by atomic mass is 16.5. The third-order valence-corrected chi connectivity index (χ3v) is 3.35. The van der Waals surface area contributed by atoms with Crippen molar-refractivity contribution < 1.29 is 19.4 Å². The van der Waals surface area contributed by atoms with Crippen LogP contribution in [-0.4, -0.2) is 35.7 Å². The zero-order valence-electron chi connectivity index (χ0n) is 10.5. The summed E-state index contributed by atoms with van der Waals surface area (Å²) in [5, 5.41) is 11.9. The molecule has 0 aromatic carbocycles. The fourth-order valence-electron chi connectivity index (χ4n) is 2.14. The zero-order chi connectivity index (χ0) is 12.9. The topological polar surface area (TPSA) is 75.6 Å². The summed E-state index contributed by atoms with van der Waals surface area (Å²) in [5.74, 6) is -0.746. The number of ether oxygens (including phenoxy) is 1. The average Bonchev–Trinajstić information content (AvgIpc) is 2.29. The van der Waals surface area contributed by atoms with Crippen LogP contribution in [0.25, 0.3) is 0 Å². The molecule has 0 spiro atoms. The minimum atomic E-state index is -1.08. The molecule has 17 heavy (non-hydrogen) atoms. The Balaban J connectivity index is 2.60. The van der Waals surface area contributed by atoms with Gasteiger partial charge >= 0.3 is 5.97 Å². The van der Waals surface area contributed by atoms with Gasteiger partial charge in [-0.05, 0) is 38.5 Å². The predicted octanol–water partition coefficient (Wildman–Crippen LogP) is 1.17. The van der Waals surface area contributed by atoms with Crippen LogP contribution in [0.15, 0.2) is 0 Å². The van der Waals surface area contributed by atoms with Crippen LogP contribution in [0.3, 0.4) is 0 Å². The quantitative estimate of drug-likeness (QED) is 0.760. The number of hydrogen-bond donors (Lipinski definition) is 2. The maximum atomic E-state index is 11.6. The summed E-state index contributed by atoms with van der Waals surface area (Å²) in [6.45, 7) is 4.28. The second-order valence-electron chi connectivity index (χ2n) is 4.76. The van der Waals surface area contributed by atoms with E-state index in [9.17, 15) is 14.7 Å². The molecule has 98 valence electrons. The number of carbonyl (C=O) groups is 2. The molecule has 1 rings (SSSR count). The van der Waals surface area contributed by atoms with Crippen molar-refractivity contribution in [1.29, 1.82) is 0 Å². The summed E-state index contributed by atoms with van der Waals surface area (Å²) >= 11 is 0. The molecule has 1 aliphatic rings. The molecule has 0 atom stereocenters. The predicted molar refractivity (Wildman–Crippen MR) is 62.6 cm³/mol. The summed E-state index contributed by atoms with van der Waals surface area (Å²) in [5.41, 5.74) is -1.08. The van der Waals surface area contributed by atoms with E-state index in [2.05, 4.69) is 12.2 Å². The summed E-state index contributed by atoms with van der Waals surface area (Å²) in [7, 11) is 0. The first-order valence-electron chi connectivity index (χ1n) is 6.12. The lowest BCUT2D eigenvalue weighted by atomic mass is 9.77. The molecule has 1 amide bonds. The van der Waals surface area contributed by atoms with E-state index in [4.69, 9.17) is 4.74 Å². The van der Waals surface area contributed by atoms with Gasteiger partial charge in [-0.2, -0.15) is 0 Å². The Morgan fingerprint density at radius 2 is 2.00 bits per heavy atom. The first-order chi connectivity index (χ1) is 8.00. The van der Waals surface area contributed by atoms with E-state index >= 15 is 0 Å². The number of amides is 1. The number of carboxylic acid groups (broad SMARTS) is 1. The van der Waals surface area contributed by atoms with Gasteiger partial charge in [0.15, 0.2) is 0 Å². The second-order valence-corrected chi connectivity index (χ2v) is 4.76. The summed E-state index contributed by atoms with van der Waals surface area (Å²) in [6.07, 6.45) is 2.67. The molecule has 0 heterocycles. The SMILES string of the molecule is CCOCC(=O)NC1(C(=O)O)CCC(C)CC1. The lowest BCUT2D eigenvalue weighted by molar-refractivity contribution is -0.150. The number of rotatable bonds is 5. The van der Waals surface area contributed by atoms with Gasteiger partial charge in [0, 0.05) is 6.61 Å². The third kappa shape index (κ3) is 3.70. The van der Waals surface area contributed by atoms with Crippen LogP contribution in [0.4, 0.5) is 0 Å². The summed E-state index contributed by atoms with van der Waals surface area (Å²) in [4.78, 5) is 22.9. The van der Waals surface area contributed by atoms with Gasteiger partial charge in [0.2, 0.25) is 5.91 Å². The van der Waals surface area contributed by atoms with E-state index in [-0.39, 0.29) is 12.5 Å². The molecule has 0 radical (unpaired) electrons. The minimum Gasteiger partial charge on any atom is -0.480 e. The number of hydrogen-bond acceptors (Lipinski definition) is 3. The number of carbonyl (C=O) groups excluding carboxylic acids is 1. The van der Waals surface area contributed by atoms with Crippen molar-refractivity contribution in [2.45, 2.75) is 45.1 Å². The molecule has 0 bridgehead atoms. The molecule has 1 saturated carbocycles. The molecule has 0 unspecified atom stereocenters. The van der Waals surface area contributed by atoms with E-state index in [0.29, 0.717) is 25.4 Å². The van der Waals surface area contributed by atoms with E-state index in [1.165, 1.54) is 0 Å². The third-order valence-electron chi connectivity index (χ3n) is 3.35. The Morgan fingerprint density at radius 1 is 1.41 bits per heavy atom. The van der Waals surface area contributed by atoms with E-state index < -0.39 is 11.5 Å². The minimum absolute atomic E-state index is 0.0684. The van der Waals surface area contributed by atoms with Gasteiger partial charge < -0.3 is 15.2 Å². The molecule has 5 nitrogen and oxygen atoms in total. The lowest BCUT2D eigenvalue weighted by Gasteiger charge is -2.36. The van der Waals surface area contributed by atoms with Crippen LogP contribution in [0.2, 0.25) is 0 Å². The highest BCUT2D eigenvalue weighted by molar-refractivity contribution is 5.87. The highest BCUT2D eigenvalue weighted by Crippen LogP contribution is 2.32. The summed E-state index contributed by atoms with van der Waals surface area (Å²) < 4.78 is 4.98. The Labute approximate surface area is 102 Å². The molecular weight excluding hydrogens is 222 g/mol. The fraction of sp³-hybridized carbons (Fsp3) is 0.833. The molecule has 0 aliphatic heterocycles. The van der Waals surface area contributed by atoms with E-state index in [1.807, 2.05) is 0 Å². The van der Waals surface area contributed by atoms with Crippen molar-refractivity contribution in [3.05, 3.63) is 0 Å². The number of carboxylic acids is 1. The second kappa shape index (κ2) is 6.00. The number of aliphatic carboxylic acids is 1. The molecule has 0 aromatic rings. The standard InChI is InChI=1S/C12H21NO4/c1-3-17-8-10(14)13-12(11(15)16)6-4-9(2)5-7-12/h9H,3-8H2,1-2H3,(H,13,14)(H,15,16). The molecule has 2 N–H and O–H groups in total. The monoisotopic (exact) mass is 243 g/mol. The van der Waals surface area contributed by atoms with E-state index in [1.54, 1.807) is 6.92 Å². The fourth-order valence-corrected chi connectivity index (χ4v) is 2.14. The van der Waals surface area contributed by atoms with Crippen molar-refractivity contribution in [3.8, 4) is 0 Å². The van der Waals surface area contributed by atoms with Gasteiger partial charge in [-0.3, -0.25) is 4.79 Å². The molecule has 1 fully saturated rings. The zero-order valence-corrected chi connectivity index (χ0v) is 10.5. The molecule has 0 aromatic heterocycles. The van der Waals surface area contributed by atoms with Crippen LogP contribution in [0.1, 0.15) is 39.5 Å². The van der Waals surface area contributed by atoms with Gasteiger partial charge in [0.05, 0.1) is 0 Å². The maximum Gasteiger partial charge on any atom is 0.329 e. The average molecular weight is 243 g/mol. The largest absolute Gasteiger partial charge is 0.480 e. The van der Waals surface area contributed by atoms with Crippen molar-refractivity contribution in [2.75, 3.05) is 13.2 Å². The molecular formula is C12H21NO4. The van der Waals surface area contributed by atoms with Crippen LogP contribution >= 0.6 is 0 Å². The van der Waals surface area contributed by atoms with E-state index in [0.717, 1.165) is 12.8 Å². The maximum absolute atomic E-state index is 11.6. The van der Waals surface area contributed by atoms with Gasteiger partial charge in [-0.25, -0.2) is 4.79 Å². The molecule has 5 heteroatoms. The Kier molecular flexibility index (Phi) is 4.93. The molecule has 1 aliphatic carbocycles. The van der Waals surface area contributed by atoms with Gasteiger partial charge in [0.1, 0.15) is 12.1 Å². The first kappa shape index (κ1) is 14.0.